The Morgan fingerprint density at radius 1 is 0.234 bits per heavy atom. The maximum absolute atomic E-state index is 10.1. The third-order valence-corrected chi connectivity index (χ3v) is 21.8. The molecule has 18 aromatic carbocycles. The minimum Gasteiger partial charge on any atom is -0.456 e. The first-order chi connectivity index (χ1) is 57.5. The van der Waals surface area contributed by atoms with Crippen LogP contribution in [0.25, 0.3) is 220 Å². The van der Waals surface area contributed by atoms with E-state index in [0.29, 0.717) is 22.6 Å². The van der Waals surface area contributed by atoms with Crippen molar-refractivity contribution in [2.24, 2.45) is 0 Å². The van der Waals surface area contributed by atoms with Crippen molar-refractivity contribution < 1.29 is 12.6 Å². The van der Waals surface area contributed by atoms with E-state index in [-0.39, 0.29) is 52.0 Å². The van der Waals surface area contributed by atoms with Crippen LogP contribution in [-0.4, -0.2) is 29.1 Å². The molecule has 0 fully saturated rings. The topological polar surface area (TPSA) is 74.6 Å². The molecule has 5 aromatic heterocycles. The molecule has 5 heterocycles. The lowest BCUT2D eigenvalue weighted by Gasteiger charge is -2.17. The Labute approximate surface area is 646 Å². The molecule has 0 aliphatic rings. The molecule has 0 saturated heterocycles. The van der Waals surface area contributed by atoms with Crippen LogP contribution in [0.5, 0.6) is 0 Å². The number of benzene rings is 18. The molecular weight excluding hydrogens is 1350 g/mol. The van der Waals surface area contributed by atoms with E-state index in [9.17, 15) is 4.11 Å². The van der Waals surface area contributed by atoms with Crippen molar-refractivity contribution in [2.45, 2.75) is 0 Å². The fourth-order valence-electron chi connectivity index (χ4n) is 16.6. The summed E-state index contributed by atoms with van der Waals surface area (Å²) in [5.74, 6) is 0.777. The molecular formula is C104H64N6O. The van der Waals surface area contributed by atoms with Crippen LogP contribution in [0.1, 0.15) is 8.22 Å². The molecule has 7 heteroatoms. The zero-order valence-corrected chi connectivity index (χ0v) is 59.6. The zero-order chi connectivity index (χ0) is 78.3. The second kappa shape index (κ2) is 26.0. The summed E-state index contributed by atoms with van der Waals surface area (Å²) in [7, 11) is 0. The largest absolute Gasteiger partial charge is 0.456 e. The molecule has 0 bridgehead atoms. The van der Waals surface area contributed by atoms with E-state index in [0.717, 1.165) is 132 Å². The summed E-state index contributed by atoms with van der Waals surface area (Å²) in [6.45, 7) is 0. The third-order valence-electron chi connectivity index (χ3n) is 21.8. The number of para-hydroxylation sites is 4. The average molecular weight is 1420 g/mol. The Morgan fingerprint density at radius 2 is 0.712 bits per heavy atom. The number of hydrogen-bond donors (Lipinski definition) is 0. The van der Waals surface area contributed by atoms with Crippen molar-refractivity contribution in [1.82, 2.24) is 29.1 Å². The zero-order valence-electron chi connectivity index (χ0n) is 65.6. The highest BCUT2D eigenvalue weighted by atomic mass is 16.3. The van der Waals surface area contributed by atoms with Gasteiger partial charge in [0.25, 0.3) is 0 Å². The Kier molecular flexibility index (Phi) is 13.4. The Balaban J connectivity index is 0.000000142. The van der Waals surface area contributed by atoms with Gasteiger partial charge >= 0.3 is 0 Å². The van der Waals surface area contributed by atoms with Gasteiger partial charge in [-0.25, -0.2) is 19.9 Å². The van der Waals surface area contributed by atoms with Crippen LogP contribution in [-0.2, 0) is 0 Å². The van der Waals surface area contributed by atoms with Gasteiger partial charge in [0, 0.05) is 76.1 Å². The first kappa shape index (κ1) is 57.3. The smallest absolute Gasteiger partial charge is 0.160 e. The third kappa shape index (κ3) is 10.8. The summed E-state index contributed by atoms with van der Waals surface area (Å²) in [4.78, 5) is 21.1. The highest BCUT2D eigenvalue weighted by Gasteiger charge is 2.24. The van der Waals surface area contributed by atoms with Gasteiger partial charge in [-0.2, -0.15) is 0 Å². The van der Waals surface area contributed by atoms with Gasteiger partial charge in [-0.3, -0.25) is 0 Å². The minimum absolute atomic E-state index is 0.00859. The minimum atomic E-state index is -0.460. The predicted octanol–water partition coefficient (Wildman–Crippen LogP) is 27.6. The van der Waals surface area contributed by atoms with Crippen molar-refractivity contribution in [3.05, 3.63) is 388 Å². The monoisotopic (exact) mass is 1420 g/mol. The van der Waals surface area contributed by atoms with E-state index in [1.165, 1.54) is 38.0 Å². The second-order valence-corrected chi connectivity index (χ2v) is 28.3. The van der Waals surface area contributed by atoms with Crippen LogP contribution in [0.3, 0.4) is 0 Å². The van der Waals surface area contributed by atoms with E-state index in [4.69, 9.17) is 28.5 Å². The molecule has 0 atom stereocenters. The normalized spacial score (nSPS) is 12.5. The fraction of sp³-hybridized carbons (Fsp3) is 0. The summed E-state index contributed by atoms with van der Waals surface area (Å²) >= 11 is 0. The number of furan rings is 1. The predicted molar refractivity (Wildman–Crippen MR) is 463 cm³/mol. The van der Waals surface area contributed by atoms with E-state index < -0.39 is 12.1 Å². The van der Waals surface area contributed by atoms with Crippen molar-refractivity contribution in [3.63, 3.8) is 0 Å². The van der Waals surface area contributed by atoms with Gasteiger partial charge in [-0.05, 0) is 163 Å². The average Bonchev–Trinajstić information content (AvgIpc) is 1.70. The summed E-state index contributed by atoms with van der Waals surface area (Å²) in [6.07, 6.45) is 0. The molecule has 0 amide bonds. The van der Waals surface area contributed by atoms with Gasteiger partial charge in [0.2, 0.25) is 0 Å². The summed E-state index contributed by atoms with van der Waals surface area (Å²) in [6, 6.07) is 120. The van der Waals surface area contributed by atoms with Gasteiger partial charge in [-0.1, -0.05) is 291 Å². The van der Waals surface area contributed by atoms with Crippen molar-refractivity contribution in [3.8, 4) is 90.0 Å². The number of rotatable bonds is 9. The lowest BCUT2D eigenvalue weighted by atomic mass is 9.91. The molecule has 0 saturated carbocycles. The van der Waals surface area contributed by atoms with Gasteiger partial charge in [-0.15, -0.1) is 0 Å². The van der Waals surface area contributed by atoms with Gasteiger partial charge < -0.3 is 13.6 Å². The summed E-state index contributed by atoms with van der Waals surface area (Å²) in [5, 5.41) is 14.9. The standard InChI is InChI=1S/C58H37N3.C46H27N3O/c1-4-16-38(17-5-1)39-28-30-42(31-29-39)57-52-36-49(40-18-6-2-7-19-40)50(41-20-8-3-9-21-41)37-53(52)59-58(60-57)46-32-45-24-12-13-25-47(45)55(35-46)61-54-27-15-14-26-48(54)51-33-43-22-10-11-23-44(43)34-56(51)61;1-2-12-29-25-42-38(24-28(29)11-1)34-15-6-9-19-40(34)49(42)41-26-32(23-30-13-3-4-14-33(30)41)46-47-39-18-8-5-17-37(39)45(48-46)31-21-22-36-35-16-7-10-20-43(35)50-44(36)27-31/h1-37H;1-27H/i;3D,4D,13D,14D,23D,26D. The molecule has 0 spiro atoms. The van der Waals surface area contributed by atoms with E-state index in [1.54, 1.807) is 0 Å². The molecule has 0 radical (unpaired) electrons. The molecule has 111 heavy (non-hydrogen) atoms. The molecule has 23 aromatic rings. The first-order valence-electron chi connectivity index (χ1n) is 40.2. The van der Waals surface area contributed by atoms with Crippen molar-refractivity contribution in [2.75, 3.05) is 0 Å². The van der Waals surface area contributed by atoms with E-state index >= 15 is 0 Å². The Bertz CT molecular complexity index is 8090. The van der Waals surface area contributed by atoms with Gasteiger partial charge in [0.15, 0.2) is 11.6 Å². The van der Waals surface area contributed by atoms with Gasteiger partial charge in [0.1, 0.15) is 11.2 Å². The molecule has 23 rings (SSSR count). The molecule has 516 valence electrons. The summed E-state index contributed by atoms with van der Waals surface area (Å²) < 4.78 is 66.1. The van der Waals surface area contributed by atoms with Gasteiger partial charge in [0.05, 0.1) is 64.1 Å². The quantitative estimate of drug-likeness (QED) is 0.144. The van der Waals surface area contributed by atoms with Crippen molar-refractivity contribution in [1.29, 1.82) is 0 Å². The SMILES string of the molecule is [2H]c1c([2H])c([2H])c2c(-n3c4ccccc4c4cc5ccccc5cc43)c([2H])c(-c3nc(-c4ccc5c(c4)oc4ccccc45)c4ccccc4n3)c([2H])c2c1[2H].c1ccc(-c2ccc(-c3nc(-c4cc(-n5c6ccccc6c6cc7ccccc7cc65)c5ccccc5c4)nc4cc(-c5ccccc5)c(-c5ccccc5)cc34)cc2)cc1. The number of nitrogens with zero attached hydrogens (tertiary/aromatic N) is 6. The van der Waals surface area contributed by atoms with Crippen molar-refractivity contribution >= 4 is 130 Å². The second-order valence-electron chi connectivity index (χ2n) is 28.3. The van der Waals surface area contributed by atoms with Crippen LogP contribution in [0.15, 0.2) is 393 Å². The number of hydrogen-bond acceptors (Lipinski definition) is 5. The Hall–Kier alpha value is -14.9. The van der Waals surface area contributed by atoms with E-state index in [1.807, 2.05) is 114 Å². The van der Waals surface area contributed by atoms with Crippen LogP contribution in [0.4, 0.5) is 0 Å². The lowest BCUT2D eigenvalue weighted by Crippen LogP contribution is -2.00. The first-order valence-corrected chi connectivity index (χ1v) is 37.2. The van der Waals surface area contributed by atoms with Crippen LogP contribution in [0.2, 0.25) is 0 Å². The van der Waals surface area contributed by atoms with Crippen LogP contribution >= 0.6 is 0 Å². The molecule has 0 N–H and O–H groups in total. The lowest BCUT2D eigenvalue weighted by molar-refractivity contribution is 0.669. The molecule has 7 nitrogen and oxygen atoms in total. The van der Waals surface area contributed by atoms with Crippen LogP contribution in [0, 0.1) is 0 Å². The van der Waals surface area contributed by atoms with E-state index in [2.05, 4.69) is 247 Å². The number of aromatic nitrogens is 6. The fourth-order valence-corrected chi connectivity index (χ4v) is 16.6. The molecule has 0 aliphatic heterocycles. The number of fused-ring (bicyclic) bond motifs is 15. The molecule has 0 aliphatic carbocycles. The highest BCUT2D eigenvalue weighted by Crippen LogP contribution is 2.45. The maximum atomic E-state index is 10.1. The molecule has 0 unspecified atom stereocenters. The highest BCUT2D eigenvalue weighted by molar-refractivity contribution is 6.17. The van der Waals surface area contributed by atoms with Crippen LogP contribution < -0.4 is 0 Å². The maximum Gasteiger partial charge on any atom is 0.160 e. The summed E-state index contributed by atoms with van der Waals surface area (Å²) in [5.41, 5.74) is 19.3. The Morgan fingerprint density at radius 3 is 1.38 bits per heavy atom.